The van der Waals surface area contributed by atoms with Crippen LogP contribution in [0.1, 0.15) is 35.8 Å². The Hall–Kier alpha value is -3.30. The second-order valence-electron chi connectivity index (χ2n) is 7.85. The number of carbonyl (C=O) groups is 2. The lowest BCUT2D eigenvalue weighted by molar-refractivity contribution is -0.152. The number of nitrogens with one attached hydrogen (secondary N) is 2. The molecule has 0 saturated heterocycles. The molecule has 0 saturated carbocycles. The predicted octanol–water partition coefficient (Wildman–Crippen LogP) is 3.47. The number of H-pyrrole nitrogens is 1. The van der Waals surface area contributed by atoms with E-state index in [1.54, 1.807) is 31.2 Å². The molecule has 3 aromatic rings. The zero-order valence-corrected chi connectivity index (χ0v) is 18.6. The maximum atomic E-state index is 14.2. The highest BCUT2D eigenvalue weighted by molar-refractivity contribution is 6.30. The van der Waals surface area contributed by atoms with Gasteiger partial charge in [-0.15, -0.1) is 0 Å². The molecule has 10 heteroatoms. The summed E-state index contributed by atoms with van der Waals surface area (Å²) < 4.78 is 14.2. The summed E-state index contributed by atoms with van der Waals surface area (Å²) in [6.07, 6.45) is 1.74. The lowest BCUT2D eigenvalue weighted by atomic mass is 9.78. The van der Waals surface area contributed by atoms with Crippen molar-refractivity contribution in [1.82, 2.24) is 20.7 Å². The molecule has 3 rings (SSSR count). The molecule has 8 nitrogen and oxygen atoms in total. The molecule has 1 amide bonds. The minimum atomic E-state index is -1.41. The van der Waals surface area contributed by atoms with Gasteiger partial charge in [-0.25, -0.2) is 4.39 Å². The number of aliphatic hydroxyl groups excluding tert-OH is 1. The van der Waals surface area contributed by atoms with Crippen LogP contribution in [0.25, 0.3) is 11.1 Å². The first-order valence-electron chi connectivity index (χ1n) is 10.3. The minimum Gasteiger partial charge on any atom is -0.481 e. The van der Waals surface area contributed by atoms with Gasteiger partial charge in [0.2, 0.25) is 0 Å². The van der Waals surface area contributed by atoms with Crippen LogP contribution in [0.15, 0.2) is 48.7 Å². The fourth-order valence-corrected chi connectivity index (χ4v) is 3.84. The normalized spacial score (nSPS) is 13.8. The van der Waals surface area contributed by atoms with E-state index in [0.717, 1.165) is 5.56 Å². The molecule has 33 heavy (non-hydrogen) atoms. The van der Waals surface area contributed by atoms with E-state index in [-0.39, 0.29) is 25.0 Å². The van der Waals surface area contributed by atoms with Crippen molar-refractivity contribution in [3.8, 4) is 11.1 Å². The lowest BCUT2D eigenvalue weighted by Crippen LogP contribution is -2.45. The molecule has 0 fully saturated rings. The van der Waals surface area contributed by atoms with Gasteiger partial charge in [0.1, 0.15) is 5.82 Å². The number of hydrogen-bond acceptors (Lipinski definition) is 5. The second kappa shape index (κ2) is 10.5. The van der Waals surface area contributed by atoms with Crippen molar-refractivity contribution in [2.24, 2.45) is 5.41 Å². The highest BCUT2D eigenvalue weighted by Gasteiger charge is 2.39. The van der Waals surface area contributed by atoms with Gasteiger partial charge in [0.25, 0.3) is 5.91 Å². The Kier molecular flexibility index (Phi) is 7.78. The average Bonchev–Trinajstić information content (AvgIpc) is 3.34. The molecule has 0 spiro atoms. The van der Waals surface area contributed by atoms with Crippen molar-refractivity contribution < 1.29 is 24.2 Å². The number of aromatic nitrogens is 3. The molecule has 1 aromatic heterocycles. The summed E-state index contributed by atoms with van der Waals surface area (Å²) in [5.74, 6) is -2.05. The summed E-state index contributed by atoms with van der Waals surface area (Å²) in [5.41, 5.74) is 0.436. The number of aliphatic carboxylic acids is 1. The lowest BCUT2D eigenvalue weighted by Gasteiger charge is -2.31. The smallest absolute Gasteiger partial charge is 0.312 e. The zero-order chi connectivity index (χ0) is 24.0. The summed E-state index contributed by atoms with van der Waals surface area (Å²) in [5, 5.41) is 32.5. The second-order valence-corrected chi connectivity index (χ2v) is 8.29. The molecule has 174 valence electrons. The van der Waals surface area contributed by atoms with Crippen molar-refractivity contribution in [1.29, 1.82) is 0 Å². The van der Waals surface area contributed by atoms with Gasteiger partial charge >= 0.3 is 5.97 Å². The van der Waals surface area contributed by atoms with Crippen LogP contribution in [0.4, 0.5) is 4.39 Å². The fourth-order valence-electron chi connectivity index (χ4n) is 3.67. The third-order valence-electron chi connectivity index (χ3n) is 5.73. The molecule has 2 atom stereocenters. The van der Waals surface area contributed by atoms with Crippen molar-refractivity contribution in [2.45, 2.75) is 32.2 Å². The molecule has 2 aromatic carbocycles. The third kappa shape index (κ3) is 5.74. The topological polar surface area (TPSA) is 128 Å². The monoisotopic (exact) mass is 474 g/mol. The molecule has 0 aliphatic heterocycles. The molecular formula is C23H24ClFN4O4. The third-order valence-corrected chi connectivity index (χ3v) is 5.96. The van der Waals surface area contributed by atoms with Crippen LogP contribution < -0.4 is 5.32 Å². The number of hydrogen-bond donors (Lipinski definition) is 4. The Morgan fingerprint density at radius 1 is 1.24 bits per heavy atom. The summed E-state index contributed by atoms with van der Waals surface area (Å²) >= 11 is 5.99. The van der Waals surface area contributed by atoms with E-state index < -0.39 is 35.8 Å². The number of aromatic amines is 1. The Morgan fingerprint density at radius 3 is 2.55 bits per heavy atom. The van der Waals surface area contributed by atoms with Crippen LogP contribution in [0.2, 0.25) is 5.02 Å². The summed E-state index contributed by atoms with van der Waals surface area (Å²) in [7, 11) is 0. The van der Waals surface area contributed by atoms with Gasteiger partial charge in [0.05, 0.1) is 18.2 Å². The number of halogens is 2. The minimum absolute atomic E-state index is 0.00357. The molecule has 1 unspecified atom stereocenters. The number of nitrogens with zero attached hydrogens (tertiary/aromatic N) is 2. The summed E-state index contributed by atoms with van der Waals surface area (Å²) in [6, 6.07) is 10.7. The highest BCUT2D eigenvalue weighted by Crippen LogP contribution is 2.30. The van der Waals surface area contributed by atoms with E-state index in [4.69, 9.17) is 11.6 Å². The van der Waals surface area contributed by atoms with Gasteiger partial charge in [-0.2, -0.15) is 15.4 Å². The van der Waals surface area contributed by atoms with Crippen LogP contribution in [-0.4, -0.2) is 50.1 Å². The van der Waals surface area contributed by atoms with Gasteiger partial charge in [0, 0.05) is 16.6 Å². The van der Waals surface area contributed by atoms with Gasteiger partial charge in [-0.3, -0.25) is 9.59 Å². The number of carboxylic acid groups (broad SMARTS) is 1. The summed E-state index contributed by atoms with van der Waals surface area (Å²) in [4.78, 5) is 24.5. The maximum Gasteiger partial charge on any atom is 0.312 e. The van der Waals surface area contributed by atoms with E-state index in [2.05, 4.69) is 20.7 Å². The number of aliphatic hydroxyl groups is 1. The first-order chi connectivity index (χ1) is 15.8. The molecule has 0 aliphatic carbocycles. The molecular weight excluding hydrogens is 451 g/mol. The van der Waals surface area contributed by atoms with Gasteiger partial charge < -0.3 is 15.5 Å². The van der Waals surface area contributed by atoms with Crippen molar-refractivity contribution in [2.75, 3.05) is 6.61 Å². The van der Waals surface area contributed by atoms with Gasteiger partial charge in [-0.05, 0) is 48.6 Å². The fraction of sp³-hybridized carbons (Fsp3) is 0.304. The molecule has 1 heterocycles. The van der Waals surface area contributed by atoms with Gasteiger partial charge in [0.15, 0.2) is 5.69 Å². The Morgan fingerprint density at radius 2 is 1.97 bits per heavy atom. The Balaban J connectivity index is 1.85. The Bertz CT molecular complexity index is 1100. The van der Waals surface area contributed by atoms with E-state index in [1.807, 2.05) is 0 Å². The largest absolute Gasteiger partial charge is 0.481 e. The van der Waals surface area contributed by atoms with E-state index in [9.17, 15) is 24.2 Å². The number of carbonyl (C=O) groups excluding carboxylic acids is 1. The van der Waals surface area contributed by atoms with Gasteiger partial charge in [-0.1, -0.05) is 42.8 Å². The maximum absolute atomic E-state index is 14.2. The van der Waals surface area contributed by atoms with Crippen molar-refractivity contribution >= 4 is 23.5 Å². The van der Waals surface area contributed by atoms with Crippen LogP contribution in [0, 0.1) is 11.2 Å². The van der Waals surface area contributed by atoms with E-state index in [1.165, 1.54) is 24.4 Å². The number of amides is 1. The van der Waals surface area contributed by atoms with E-state index >= 15 is 0 Å². The predicted molar refractivity (Wildman–Crippen MR) is 120 cm³/mol. The summed E-state index contributed by atoms with van der Waals surface area (Å²) in [6.45, 7) is 1.11. The highest BCUT2D eigenvalue weighted by atomic mass is 35.5. The SMILES string of the molecule is CC[C@](CO)(CC(Cc1ccc(-c2cc(Cl)ccc2F)cc1)NC(=O)c1cn[nH]n1)C(=O)O. The standard InChI is InChI=1S/C23H24ClFN4O4/c1-2-23(13-30,22(32)33)11-17(27-21(31)20-12-26-29-28-20)9-14-3-5-15(6-4-14)18-10-16(24)7-8-19(18)25/h3-8,10,12,17,30H,2,9,11,13H2,1H3,(H,27,31)(H,32,33)(H,26,28,29)/t17?,23-/m1/s1. The zero-order valence-electron chi connectivity index (χ0n) is 17.9. The first-order valence-corrected chi connectivity index (χ1v) is 10.7. The van der Waals surface area contributed by atoms with Crippen molar-refractivity contribution in [3.63, 3.8) is 0 Å². The van der Waals surface area contributed by atoms with Crippen molar-refractivity contribution in [3.05, 3.63) is 70.8 Å². The van der Waals surface area contributed by atoms with Crippen LogP contribution in [0.3, 0.4) is 0 Å². The molecule has 0 aliphatic rings. The number of rotatable bonds is 10. The number of benzene rings is 2. The van der Waals surface area contributed by atoms with E-state index in [0.29, 0.717) is 16.1 Å². The van der Waals surface area contributed by atoms with Crippen LogP contribution >= 0.6 is 11.6 Å². The Labute approximate surface area is 194 Å². The van der Waals surface area contributed by atoms with Crippen LogP contribution in [-0.2, 0) is 11.2 Å². The molecule has 0 bridgehead atoms. The number of carboxylic acids is 1. The average molecular weight is 475 g/mol. The quantitative estimate of drug-likeness (QED) is 0.356. The first kappa shape index (κ1) is 24.3. The molecule has 0 radical (unpaired) electrons. The molecule has 4 N–H and O–H groups in total. The van der Waals surface area contributed by atoms with Crippen LogP contribution in [0.5, 0.6) is 0 Å².